The molecule has 8 heavy (non-hydrogen) atoms. The summed E-state index contributed by atoms with van der Waals surface area (Å²) in [5.41, 5.74) is 0. The molecule has 0 bridgehead atoms. The van der Waals surface area contributed by atoms with Gasteiger partial charge in [0.15, 0.2) is 0 Å². The van der Waals surface area contributed by atoms with Crippen molar-refractivity contribution < 1.29 is 0 Å². The van der Waals surface area contributed by atoms with E-state index in [2.05, 4.69) is 20.1 Å². The van der Waals surface area contributed by atoms with Gasteiger partial charge in [0.1, 0.15) is 10.5 Å². The molecule has 2 unspecified atom stereocenters. The molecule has 0 aromatic rings. The third-order valence-corrected chi connectivity index (χ3v) is 5.26. The molecule has 1 aliphatic heterocycles. The van der Waals surface area contributed by atoms with Crippen molar-refractivity contribution >= 4 is 10.9 Å². The average Bonchev–Trinajstić information content (AvgIpc) is 1.98. The summed E-state index contributed by atoms with van der Waals surface area (Å²) in [7, 11) is 0.738. The minimum Gasteiger partial charge on any atom is -0.0170 e. The van der Waals surface area contributed by atoms with Gasteiger partial charge in [-0.2, -0.15) is 0 Å². The van der Waals surface area contributed by atoms with Gasteiger partial charge in [0.25, 0.3) is 0 Å². The van der Waals surface area contributed by atoms with Gasteiger partial charge in [0, 0.05) is 0 Å². The van der Waals surface area contributed by atoms with E-state index in [1.807, 2.05) is 0 Å². The van der Waals surface area contributed by atoms with Crippen molar-refractivity contribution in [3.8, 4) is 0 Å². The summed E-state index contributed by atoms with van der Waals surface area (Å²) in [6, 6.07) is 0. The topological polar surface area (TPSA) is 0 Å². The van der Waals surface area contributed by atoms with Crippen LogP contribution >= 0.6 is 0 Å². The Kier molecular flexibility index (Phi) is 1.86. The van der Waals surface area contributed by atoms with Crippen LogP contribution in [0.25, 0.3) is 0 Å². The van der Waals surface area contributed by atoms with E-state index in [4.69, 9.17) is 0 Å². The van der Waals surface area contributed by atoms with E-state index in [9.17, 15) is 0 Å². The molecular weight excluding hydrogens is 116 g/mol. The molecule has 0 saturated carbocycles. The third kappa shape index (κ3) is 1.02. The molecule has 0 aliphatic carbocycles. The van der Waals surface area contributed by atoms with Gasteiger partial charge in [-0.25, -0.2) is 0 Å². The van der Waals surface area contributed by atoms with Gasteiger partial charge in [-0.15, -0.1) is 0 Å². The molecule has 0 nitrogen and oxygen atoms in total. The molecule has 48 valence electrons. The maximum absolute atomic E-state index is 2.41. The zero-order chi connectivity index (χ0) is 6.15. The lowest BCUT2D eigenvalue weighted by Gasteiger charge is -2.02. The monoisotopic (exact) mass is 131 g/mol. The highest BCUT2D eigenvalue weighted by atomic mass is 32.2. The molecule has 1 rings (SSSR count). The van der Waals surface area contributed by atoms with Crippen molar-refractivity contribution in [1.29, 1.82) is 0 Å². The molecule has 1 fully saturated rings. The van der Waals surface area contributed by atoms with Gasteiger partial charge in [0.2, 0.25) is 0 Å². The summed E-state index contributed by atoms with van der Waals surface area (Å²) < 4.78 is 0. The fourth-order valence-electron chi connectivity index (χ4n) is 1.24. The van der Waals surface area contributed by atoms with E-state index in [0.717, 1.165) is 21.4 Å². The first-order valence-corrected chi connectivity index (χ1v) is 5.11. The minimum atomic E-state index is 0.738. The molecule has 0 radical (unpaired) electrons. The smallest absolute Gasteiger partial charge is 0.0170 e. The Morgan fingerprint density at radius 1 is 1.12 bits per heavy atom. The highest BCUT2D eigenvalue weighted by molar-refractivity contribution is 7.97. The van der Waals surface area contributed by atoms with Crippen LogP contribution in [0.3, 0.4) is 0 Å². The van der Waals surface area contributed by atoms with Crippen LogP contribution in [0.5, 0.6) is 0 Å². The minimum absolute atomic E-state index is 0.738. The van der Waals surface area contributed by atoms with Crippen molar-refractivity contribution in [2.24, 2.45) is 0 Å². The van der Waals surface area contributed by atoms with E-state index in [0.29, 0.717) is 0 Å². The van der Waals surface area contributed by atoms with Crippen LogP contribution in [0.4, 0.5) is 0 Å². The van der Waals surface area contributed by atoms with Gasteiger partial charge >= 0.3 is 0 Å². The lowest BCUT2D eigenvalue weighted by Crippen LogP contribution is -2.16. The normalized spacial score (nSPS) is 47.6. The van der Waals surface area contributed by atoms with Crippen molar-refractivity contribution in [3.05, 3.63) is 0 Å². The lowest BCUT2D eigenvalue weighted by molar-refractivity contribution is 0.777. The first kappa shape index (κ1) is 6.47. The predicted octanol–water partition coefficient (Wildman–Crippen LogP) is 1.81. The average molecular weight is 131 g/mol. The standard InChI is InChI=1S/C7H15S/c1-6-4-5-7(2)8(6)3/h6-7H,4-5H2,1-3H3/q+1. The first-order valence-electron chi connectivity index (χ1n) is 3.35. The van der Waals surface area contributed by atoms with Crippen molar-refractivity contribution in [3.63, 3.8) is 0 Å². The van der Waals surface area contributed by atoms with Gasteiger partial charge in [0.05, 0.1) is 6.26 Å². The van der Waals surface area contributed by atoms with E-state index >= 15 is 0 Å². The van der Waals surface area contributed by atoms with Crippen molar-refractivity contribution in [2.75, 3.05) is 6.26 Å². The Morgan fingerprint density at radius 3 is 1.62 bits per heavy atom. The maximum Gasteiger partial charge on any atom is 0.115 e. The summed E-state index contributed by atoms with van der Waals surface area (Å²) in [5.74, 6) is 0. The molecular formula is C7H15S+. The molecule has 1 saturated heterocycles. The molecule has 2 atom stereocenters. The lowest BCUT2D eigenvalue weighted by atomic mass is 10.2. The van der Waals surface area contributed by atoms with Gasteiger partial charge in [-0.1, -0.05) is 0 Å². The summed E-state index contributed by atoms with van der Waals surface area (Å²) in [4.78, 5) is 0. The van der Waals surface area contributed by atoms with E-state index < -0.39 is 0 Å². The summed E-state index contributed by atoms with van der Waals surface area (Å²) >= 11 is 0. The van der Waals surface area contributed by atoms with E-state index in [1.165, 1.54) is 12.8 Å². The van der Waals surface area contributed by atoms with Crippen molar-refractivity contribution in [1.82, 2.24) is 0 Å². The third-order valence-electron chi connectivity index (χ3n) is 2.25. The van der Waals surface area contributed by atoms with E-state index in [-0.39, 0.29) is 0 Å². The summed E-state index contributed by atoms with van der Waals surface area (Å²) in [6.45, 7) is 4.76. The molecule has 0 N–H and O–H groups in total. The highest BCUT2D eigenvalue weighted by Crippen LogP contribution is 2.26. The molecule has 1 aliphatic rings. The first-order chi connectivity index (χ1) is 3.72. The second-order valence-electron chi connectivity index (χ2n) is 2.81. The van der Waals surface area contributed by atoms with Crippen LogP contribution < -0.4 is 0 Å². The van der Waals surface area contributed by atoms with Gasteiger partial charge in [-0.05, 0) is 37.6 Å². The Balaban J connectivity index is 2.44. The van der Waals surface area contributed by atoms with Crippen LogP contribution in [-0.4, -0.2) is 16.8 Å². The second kappa shape index (κ2) is 2.30. The van der Waals surface area contributed by atoms with E-state index in [1.54, 1.807) is 0 Å². The Morgan fingerprint density at radius 2 is 1.50 bits per heavy atom. The maximum atomic E-state index is 2.41. The highest BCUT2D eigenvalue weighted by Gasteiger charge is 2.34. The zero-order valence-electron chi connectivity index (χ0n) is 5.98. The Hall–Kier alpha value is 0.350. The second-order valence-corrected chi connectivity index (χ2v) is 5.63. The number of hydrogen-bond acceptors (Lipinski definition) is 0. The van der Waals surface area contributed by atoms with Crippen LogP contribution in [0.1, 0.15) is 26.7 Å². The predicted molar refractivity (Wildman–Crippen MR) is 41.4 cm³/mol. The molecule has 0 amide bonds. The SMILES string of the molecule is CC1CCC(C)[S+]1C. The van der Waals surface area contributed by atoms with Crippen LogP contribution in [0.2, 0.25) is 0 Å². The summed E-state index contributed by atoms with van der Waals surface area (Å²) in [6.07, 6.45) is 5.35. The molecule has 1 heterocycles. The zero-order valence-corrected chi connectivity index (χ0v) is 6.79. The molecule has 0 aromatic carbocycles. The summed E-state index contributed by atoms with van der Waals surface area (Å²) in [5, 5.41) is 2.04. The Bertz CT molecular complexity index is 70.5. The largest absolute Gasteiger partial charge is 0.115 e. The fourth-order valence-corrected chi connectivity index (χ4v) is 3.05. The van der Waals surface area contributed by atoms with Crippen molar-refractivity contribution in [2.45, 2.75) is 37.2 Å². The van der Waals surface area contributed by atoms with Gasteiger partial charge in [-0.3, -0.25) is 0 Å². The molecule has 0 aromatic heterocycles. The molecule has 0 spiro atoms. The Labute approximate surface area is 55.0 Å². The van der Waals surface area contributed by atoms with Crippen LogP contribution in [0, 0.1) is 0 Å². The number of hydrogen-bond donors (Lipinski definition) is 0. The van der Waals surface area contributed by atoms with Gasteiger partial charge < -0.3 is 0 Å². The fraction of sp³-hybridized carbons (Fsp3) is 1.00. The van der Waals surface area contributed by atoms with Crippen LogP contribution in [0.15, 0.2) is 0 Å². The van der Waals surface area contributed by atoms with Crippen LogP contribution in [-0.2, 0) is 10.9 Å². The molecule has 1 heteroatoms. The quantitative estimate of drug-likeness (QED) is 0.440. The number of rotatable bonds is 0.